The van der Waals surface area contributed by atoms with Crippen LogP contribution in [-0.4, -0.2) is 54.1 Å². The quantitative estimate of drug-likeness (QED) is 0.129. The van der Waals surface area contributed by atoms with E-state index in [1.165, 1.54) is 11.0 Å². The number of para-hydroxylation sites is 1. The fraction of sp³-hybridized carbons (Fsp3) is 0.302. The number of carbonyl (C=O) groups is 4. The van der Waals surface area contributed by atoms with Crippen LogP contribution in [0.4, 0.5) is 11.4 Å². The molecule has 10 nitrogen and oxygen atoms in total. The van der Waals surface area contributed by atoms with Crippen molar-refractivity contribution in [3.63, 3.8) is 0 Å². The van der Waals surface area contributed by atoms with Gasteiger partial charge in [-0.3, -0.25) is 29.5 Å². The molecule has 6 atom stereocenters. The first-order valence-electron chi connectivity index (χ1n) is 18.4. The average molecular weight is 781 g/mol. The maximum atomic E-state index is 15.5. The molecule has 2 aliphatic heterocycles. The third-order valence-corrected chi connectivity index (χ3v) is 12.3. The van der Waals surface area contributed by atoms with Gasteiger partial charge in [0.2, 0.25) is 11.8 Å². The van der Waals surface area contributed by atoms with E-state index in [0.717, 1.165) is 22.6 Å². The second-order valence-corrected chi connectivity index (χ2v) is 15.2. The summed E-state index contributed by atoms with van der Waals surface area (Å²) in [5.74, 6) is -4.44. The number of methoxy groups -OCH3 is 1. The Bertz CT molecular complexity index is 2230. The van der Waals surface area contributed by atoms with Crippen LogP contribution >= 0.6 is 23.2 Å². The first-order valence-corrected chi connectivity index (χ1v) is 19.1. The number of carbonyl (C=O) groups excluding carboxylic acids is 4. The molecule has 1 saturated carbocycles. The molecule has 4 aliphatic rings. The minimum absolute atomic E-state index is 0.00966. The van der Waals surface area contributed by atoms with Crippen molar-refractivity contribution < 1.29 is 33.8 Å². The molecule has 2 aliphatic carbocycles. The largest absolute Gasteiger partial charge is 0.497 e. The van der Waals surface area contributed by atoms with E-state index in [0.29, 0.717) is 39.0 Å². The van der Waals surface area contributed by atoms with E-state index in [1.54, 1.807) is 67.8 Å². The number of nitrogens with one attached hydrogen (secondary N) is 1. The Hall–Kier alpha value is -5.16. The molecule has 4 aromatic rings. The molecular formula is C43H39Cl2N3O7. The highest BCUT2D eigenvalue weighted by molar-refractivity contribution is 6.36. The van der Waals surface area contributed by atoms with Gasteiger partial charge in [-0.25, -0.2) is 0 Å². The number of aliphatic hydroxyl groups excluding tert-OH is 1. The van der Waals surface area contributed by atoms with Gasteiger partial charge in [-0.05, 0) is 84.8 Å². The Kier molecular flexibility index (Phi) is 9.69. The number of imide groups is 2. The number of ether oxygens (including phenoxy) is 2. The maximum absolute atomic E-state index is 15.5. The van der Waals surface area contributed by atoms with E-state index >= 15 is 9.59 Å². The second-order valence-electron chi connectivity index (χ2n) is 14.4. The van der Waals surface area contributed by atoms with Crippen molar-refractivity contribution >= 4 is 58.2 Å². The van der Waals surface area contributed by atoms with Crippen LogP contribution in [0.2, 0.25) is 10.0 Å². The highest BCUT2D eigenvalue weighted by Gasteiger charge is 2.70. The molecule has 12 heteroatoms. The molecular weight excluding hydrogens is 741 g/mol. The number of hydrogen-bond donors (Lipinski definition) is 2. The third kappa shape index (κ3) is 5.81. The summed E-state index contributed by atoms with van der Waals surface area (Å²) in [4.78, 5) is 60.7. The monoisotopic (exact) mass is 779 g/mol. The molecule has 8 rings (SSSR count). The van der Waals surface area contributed by atoms with Gasteiger partial charge in [0, 0.05) is 16.5 Å². The molecule has 4 aromatic carbocycles. The summed E-state index contributed by atoms with van der Waals surface area (Å²) in [6, 6.07) is 26.6. The maximum Gasteiger partial charge on any atom is 0.260 e. The smallest absolute Gasteiger partial charge is 0.260 e. The Morgan fingerprint density at radius 1 is 0.891 bits per heavy atom. The summed E-state index contributed by atoms with van der Waals surface area (Å²) in [6.45, 7) is 1.78. The first kappa shape index (κ1) is 36.8. The van der Waals surface area contributed by atoms with Gasteiger partial charge in [-0.15, -0.1) is 0 Å². The standard InChI is InChI=1S/C43H39Cl2N3O7/c1-3-24-8-13-27(14-9-24)47-39(50)31-18-17-29-32(37(31)41(47)52)23-33-40(51)48(46-35-19-12-26(44)22-34(35)45)42(53)43(33,25-10-15-28(54-2)16-11-25)38(29)30-6-4-5-7-36(30)55-21-20-49/h4-17,19,22,31-33,37-38,46,49H,3,18,20-21,23H2,1-2H3. The third-order valence-electron chi connectivity index (χ3n) is 11.8. The number of benzene rings is 4. The highest BCUT2D eigenvalue weighted by atomic mass is 35.5. The van der Waals surface area contributed by atoms with Crippen molar-refractivity contribution in [3.05, 3.63) is 129 Å². The Morgan fingerprint density at radius 3 is 2.33 bits per heavy atom. The minimum atomic E-state index is -1.55. The minimum Gasteiger partial charge on any atom is -0.497 e. The van der Waals surface area contributed by atoms with Crippen LogP contribution in [0.1, 0.15) is 42.4 Å². The van der Waals surface area contributed by atoms with E-state index in [1.807, 2.05) is 37.3 Å². The summed E-state index contributed by atoms with van der Waals surface area (Å²) in [7, 11) is 1.55. The van der Waals surface area contributed by atoms with Crippen LogP contribution in [0.15, 0.2) is 103 Å². The first-order chi connectivity index (χ1) is 26.6. The van der Waals surface area contributed by atoms with E-state index < -0.39 is 46.8 Å². The topological polar surface area (TPSA) is 125 Å². The molecule has 2 saturated heterocycles. The fourth-order valence-corrected chi connectivity index (χ4v) is 9.78. The normalized spacial score (nSPS) is 25.7. The van der Waals surface area contributed by atoms with Crippen molar-refractivity contribution in [1.29, 1.82) is 0 Å². The molecule has 282 valence electrons. The number of nitrogens with zero attached hydrogens (tertiary/aromatic N) is 2. The summed E-state index contributed by atoms with van der Waals surface area (Å²) >= 11 is 12.8. The van der Waals surface area contributed by atoms with E-state index in [4.69, 9.17) is 32.7 Å². The predicted octanol–water partition coefficient (Wildman–Crippen LogP) is 7.13. The zero-order valence-corrected chi connectivity index (χ0v) is 31.7. The van der Waals surface area contributed by atoms with Crippen LogP contribution in [-0.2, 0) is 31.0 Å². The molecule has 0 bridgehead atoms. The number of hydrazine groups is 1. The van der Waals surface area contributed by atoms with Crippen LogP contribution in [0.3, 0.4) is 0 Å². The second kappa shape index (κ2) is 14.5. The number of fused-ring (bicyclic) bond motifs is 4. The summed E-state index contributed by atoms with van der Waals surface area (Å²) in [6.07, 6.45) is 3.20. The molecule has 4 amide bonds. The van der Waals surface area contributed by atoms with Gasteiger partial charge in [-0.1, -0.05) is 84.2 Å². The predicted molar refractivity (Wildman–Crippen MR) is 208 cm³/mol. The highest BCUT2D eigenvalue weighted by Crippen LogP contribution is 2.65. The number of halogens is 2. The van der Waals surface area contributed by atoms with Gasteiger partial charge >= 0.3 is 0 Å². The van der Waals surface area contributed by atoms with Crippen LogP contribution in [0.25, 0.3) is 0 Å². The lowest BCUT2D eigenvalue weighted by atomic mass is 9.49. The Labute approximate surface area is 328 Å². The summed E-state index contributed by atoms with van der Waals surface area (Å²) in [5, 5.41) is 11.4. The lowest BCUT2D eigenvalue weighted by Gasteiger charge is -2.50. The lowest BCUT2D eigenvalue weighted by Crippen LogP contribution is -2.53. The van der Waals surface area contributed by atoms with Crippen molar-refractivity contribution in [2.45, 2.75) is 37.5 Å². The van der Waals surface area contributed by atoms with Gasteiger partial charge in [-0.2, -0.15) is 5.01 Å². The lowest BCUT2D eigenvalue weighted by molar-refractivity contribution is -0.138. The van der Waals surface area contributed by atoms with Crippen molar-refractivity contribution in [1.82, 2.24) is 5.01 Å². The van der Waals surface area contributed by atoms with E-state index in [2.05, 4.69) is 5.43 Å². The van der Waals surface area contributed by atoms with Gasteiger partial charge < -0.3 is 14.6 Å². The summed E-state index contributed by atoms with van der Waals surface area (Å²) in [5.41, 5.74) is 5.32. The van der Waals surface area contributed by atoms with E-state index in [9.17, 15) is 14.7 Å². The van der Waals surface area contributed by atoms with Crippen LogP contribution < -0.4 is 19.8 Å². The van der Waals surface area contributed by atoms with Crippen LogP contribution in [0.5, 0.6) is 11.5 Å². The van der Waals surface area contributed by atoms with Crippen molar-refractivity contribution in [2.24, 2.45) is 23.7 Å². The fourth-order valence-electron chi connectivity index (χ4n) is 9.33. The molecule has 0 radical (unpaired) electrons. The number of aliphatic hydroxyl groups is 1. The molecule has 0 aromatic heterocycles. The SMILES string of the molecule is CCc1ccc(N2C(=O)C3CC=C4C(CC5C(=O)N(Nc6ccc(Cl)cc6Cl)C(=O)C5(c5ccc(OC)cc5)C4c4ccccc4OCCO)C3C2=O)cc1. The van der Waals surface area contributed by atoms with Gasteiger partial charge in [0.15, 0.2) is 0 Å². The number of allylic oxidation sites excluding steroid dienone is 2. The number of aryl methyl sites for hydroxylation is 1. The molecule has 6 unspecified atom stereocenters. The summed E-state index contributed by atoms with van der Waals surface area (Å²) < 4.78 is 11.6. The molecule has 0 spiro atoms. The average Bonchev–Trinajstić information content (AvgIpc) is 3.58. The zero-order chi connectivity index (χ0) is 38.6. The zero-order valence-electron chi connectivity index (χ0n) is 30.2. The van der Waals surface area contributed by atoms with Gasteiger partial charge in [0.25, 0.3) is 11.8 Å². The number of anilines is 2. The van der Waals surface area contributed by atoms with Gasteiger partial charge in [0.1, 0.15) is 18.1 Å². The van der Waals surface area contributed by atoms with Crippen molar-refractivity contribution in [3.8, 4) is 11.5 Å². The number of hydrogen-bond acceptors (Lipinski definition) is 8. The molecule has 55 heavy (non-hydrogen) atoms. The molecule has 3 fully saturated rings. The number of amides is 4. The Balaban J connectivity index is 1.33. The molecule has 2 heterocycles. The molecule has 2 N–H and O–H groups in total. The van der Waals surface area contributed by atoms with Gasteiger partial charge in [0.05, 0.1) is 53.3 Å². The Morgan fingerprint density at radius 2 is 1.64 bits per heavy atom. The van der Waals surface area contributed by atoms with E-state index in [-0.39, 0.29) is 42.9 Å². The van der Waals surface area contributed by atoms with Crippen LogP contribution in [0, 0.1) is 23.7 Å². The number of rotatable bonds is 10. The van der Waals surface area contributed by atoms with Crippen molar-refractivity contribution in [2.75, 3.05) is 30.6 Å².